The van der Waals surface area contributed by atoms with Crippen molar-refractivity contribution in [1.29, 1.82) is 5.26 Å². The van der Waals surface area contributed by atoms with E-state index in [0.717, 1.165) is 33.8 Å². The highest BCUT2D eigenvalue weighted by Crippen LogP contribution is 2.42. The van der Waals surface area contributed by atoms with Crippen molar-refractivity contribution in [3.63, 3.8) is 0 Å². The van der Waals surface area contributed by atoms with E-state index < -0.39 is 15.9 Å². The van der Waals surface area contributed by atoms with E-state index in [2.05, 4.69) is 67.7 Å². The molecular formula is C72H74N18O10S. The molecule has 0 atom stereocenters. The largest absolute Gasteiger partial charge is 0.493 e. The number of nitrogens with zero attached hydrogens (tertiary/aromatic N) is 14. The van der Waals surface area contributed by atoms with E-state index in [0.29, 0.717) is 101 Å². The Labute approximate surface area is 583 Å². The van der Waals surface area contributed by atoms with Crippen LogP contribution in [0.3, 0.4) is 0 Å². The molecular weight excluding hydrogens is 1310 g/mol. The van der Waals surface area contributed by atoms with Gasteiger partial charge >= 0.3 is 0 Å². The number of rotatable bonds is 24. The van der Waals surface area contributed by atoms with E-state index in [1.54, 1.807) is 161 Å². The monoisotopic (exact) mass is 1380 g/mol. The fraction of sp³-hybridized carbons (Fsp3) is 0.181. The number of aryl methyl sites for hydroxylation is 1. The molecule has 8 aromatic carbocycles. The number of para-hydroxylation sites is 1. The Morgan fingerprint density at radius 3 is 1.22 bits per heavy atom. The summed E-state index contributed by atoms with van der Waals surface area (Å²) in [6.45, 7) is 7.49. The highest BCUT2D eigenvalue weighted by atomic mass is 32.2. The number of carbonyl (C=O) groups excluding carboxylic acids is 2. The normalized spacial score (nSPS) is 10.6. The highest BCUT2D eigenvalue weighted by molar-refractivity contribution is 7.89. The first kappa shape index (κ1) is 72.3. The second-order valence-electron chi connectivity index (χ2n) is 21.5. The minimum Gasteiger partial charge on any atom is -0.493 e. The maximum atomic E-state index is 12.5. The number of benzene rings is 8. The zero-order valence-corrected chi connectivity index (χ0v) is 57.6. The van der Waals surface area contributed by atoms with Crippen LogP contribution in [0.5, 0.6) is 34.5 Å². The molecule has 12 rings (SSSR count). The lowest BCUT2D eigenvalue weighted by Gasteiger charge is -2.18. The quantitative estimate of drug-likeness (QED) is 0.0437. The third-order valence-electron chi connectivity index (χ3n) is 14.8. The number of methoxy groups -OCH3 is 6. The minimum absolute atomic E-state index is 0.156. The number of nitriles is 1. The molecule has 101 heavy (non-hydrogen) atoms. The summed E-state index contributed by atoms with van der Waals surface area (Å²) in [5, 5.41) is 37.7. The smallest absolute Gasteiger partial charge is 0.258 e. The van der Waals surface area contributed by atoms with Crippen molar-refractivity contribution in [3.05, 3.63) is 247 Å². The summed E-state index contributed by atoms with van der Waals surface area (Å²) >= 11 is 0. The molecule has 0 bridgehead atoms. The van der Waals surface area contributed by atoms with Gasteiger partial charge in [0.2, 0.25) is 45.3 Å². The van der Waals surface area contributed by atoms with Crippen LogP contribution in [-0.2, 0) is 23.1 Å². The van der Waals surface area contributed by atoms with Gasteiger partial charge in [-0.3, -0.25) is 20.2 Å². The van der Waals surface area contributed by atoms with Gasteiger partial charge in [-0.15, -0.1) is 20.4 Å². The Morgan fingerprint density at radius 1 is 0.465 bits per heavy atom. The molecule has 4 N–H and O–H groups in total. The Bertz CT molecular complexity index is 4750. The molecule has 4 aromatic heterocycles. The molecule has 0 aliphatic rings. The summed E-state index contributed by atoms with van der Waals surface area (Å²) in [5.74, 6) is 3.96. The topological polar surface area (TPSA) is 322 Å². The Hall–Kier alpha value is -12.9. The van der Waals surface area contributed by atoms with Crippen LogP contribution in [-0.4, -0.2) is 139 Å². The van der Waals surface area contributed by atoms with Gasteiger partial charge < -0.3 is 39.1 Å². The molecule has 0 aliphatic carbocycles. The van der Waals surface area contributed by atoms with E-state index in [1.165, 1.54) is 28.6 Å². The van der Waals surface area contributed by atoms with Gasteiger partial charge in [-0.1, -0.05) is 110 Å². The lowest BCUT2D eigenvalue weighted by atomic mass is 10.1. The fourth-order valence-electron chi connectivity index (χ4n) is 9.66. The third-order valence-corrected chi connectivity index (χ3v) is 16.8. The number of nitrogens with one attached hydrogen (secondary N) is 4. The van der Waals surface area contributed by atoms with Crippen molar-refractivity contribution in [3.8, 4) is 51.9 Å². The Morgan fingerprint density at radius 2 is 0.842 bits per heavy atom. The van der Waals surface area contributed by atoms with Crippen molar-refractivity contribution < 1.29 is 46.4 Å². The zero-order valence-electron chi connectivity index (χ0n) is 56.8. The molecule has 0 aliphatic heterocycles. The second-order valence-corrected chi connectivity index (χ2v) is 23.4. The molecule has 0 saturated carbocycles. The lowest BCUT2D eigenvalue weighted by Crippen LogP contribution is -2.30. The lowest BCUT2D eigenvalue weighted by molar-refractivity contribution is 0.101. The summed E-state index contributed by atoms with van der Waals surface area (Å²) < 4.78 is 65.0. The third kappa shape index (κ3) is 19.6. The standard InChI is InChI=1S/C20H23N5O3S.C18H17N5O3.C17H18N4O3.C17H16N4O/c1-3-25(4-2)29(27,28)18-12-10-17(11-13-18)19(26)22-20-21-15-24(23-20)14-16-8-6-5-7-9-16;1-24-15-8-13(9-16(25-2)17(15)26-3)21-18-20-11-23(22-18)14-6-4-12(10-19)5-7-14;1-22-14-9-12(10-15(23-2)16(14)24-3)19-17-18-11-21(20-17)13-7-5-4-6-8-13;1-13-7-9-15(10-8-13)16(22)19-17-18-12-21(20-17)11-14-5-3-2-4-6-14/h5-13,15H,3-4,14H2,1-2H3,(H,22,23,26);4-9,11H,1-3H3,(H,21,22);4-11H,1-3H3,(H,19,20);2-10,12H,11H2,1H3,(H,19,20,22). The van der Waals surface area contributed by atoms with Crippen LogP contribution in [0.1, 0.15) is 56.8 Å². The number of amides is 2. The second kappa shape index (κ2) is 35.3. The number of anilines is 6. The van der Waals surface area contributed by atoms with E-state index >= 15 is 0 Å². The summed E-state index contributed by atoms with van der Waals surface area (Å²) in [6.07, 6.45) is 6.39. The van der Waals surface area contributed by atoms with Crippen LogP contribution >= 0.6 is 0 Å². The van der Waals surface area contributed by atoms with Crippen molar-refractivity contribution in [1.82, 2.24) is 63.4 Å². The van der Waals surface area contributed by atoms with Gasteiger partial charge in [-0.05, 0) is 90.8 Å². The van der Waals surface area contributed by atoms with Crippen LogP contribution < -0.4 is 49.7 Å². The van der Waals surface area contributed by atoms with Crippen LogP contribution in [0.25, 0.3) is 11.4 Å². The number of aromatic nitrogens is 12. The predicted octanol–water partition coefficient (Wildman–Crippen LogP) is 11.4. The molecule has 12 aromatic rings. The van der Waals surface area contributed by atoms with Crippen molar-refractivity contribution in [2.24, 2.45) is 0 Å². The first-order valence-electron chi connectivity index (χ1n) is 31.3. The molecule has 28 nitrogen and oxygen atoms in total. The fourth-order valence-corrected chi connectivity index (χ4v) is 11.1. The van der Waals surface area contributed by atoms with E-state index in [4.69, 9.17) is 33.7 Å². The molecule has 0 fully saturated rings. The van der Waals surface area contributed by atoms with Gasteiger partial charge in [0.15, 0.2) is 23.0 Å². The predicted molar refractivity (Wildman–Crippen MR) is 381 cm³/mol. The van der Waals surface area contributed by atoms with Gasteiger partial charge in [0, 0.05) is 59.9 Å². The maximum absolute atomic E-state index is 12.5. The molecule has 0 saturated heterocycles. The van der Waals surface area contributed by atoms with E-state index in [9.17, 15) is 18.0 Å². The van der Waals surface area contributed by atoms with Crippen LogP contribution in [0.2, 0.25) is 0 Å². The summed E-state index contributed by atoms with van der Waals surface area (Å²) in [5.41, 5.74) is 7.97. The number of hydrogen-bond donors (Lipinski definition) is 4. The van der Waals surface area contributed by atoms with Gasteiger partial charge in [-0.2, -0.15) is 19.5 Å². The van der Waals surface area contributed by atoms with Crippen molar-refractivity contribution in [2.75, 3.05) is 77.0 Å². The minimum atomic E-state index is -3.56. The maximum Gasteiger partial charge on any atom is 0.258 e. The zero-order chi connectivity index (χ0) is 71.7. The Balaban J connectivity index is 0.000000158. The summed E-state index contributed by atoms with van der Waals surface area (Å²) in [7, 11) is 5.82. The number of ether oxygens (including phenoxy) is 6. The molecule has 2 amide bonds. The average Bonchev–Trinajstić information content (AvgIpc) is 1.62. The molecule has 518 valence electrons. The summed E-state index contributed by atoms with van der Waals surface area (Å²) in [6, 6.07) is 59.0. The van der Waals surface area contributed by atoms with Gasteiger partial charge in [0.25, 0.3) is 11.8 Å². The first-order chi connectivity index (χ1) is 49.1. The highest BCUT2D eigenvalue weighted by Gasteiger charge is 2.23. The Kier molecular flexibility index (Phi) is 25.3. The summed E-state index contributed by atoms with van der Waals surface area (Å²) in [4.78, 5) is 41.4. The molecule has 29 heteroatoms. The van der Waals surface area contributed by atoms with Gasteiger partial charge in [0.1, 0.15) is 25.3 Å². The number of hydrogen-bond acceptors (Lipinski definition) is 21. The number of sulfonamides is 1. The molecule has 0 unspecified atom stereocenters. The molecule has 4 heterocycles. The van der Waals surface area contributed by atoms with Crippen molar-refractivity contribution in [2.45, 2.75) is 38.8 Å². The number of carbonyl (C=O) groups is 2. The molecule has 0 spiro atoms. The SMILES string of the molecule is CCN(CC)S(=O)(=O)c1ccc(C(=O)Nc2ncn(Cc3ccccc3)n2)cc1.COc1cc(Nc2ncn(-c3ccc(C#N)cc3)n2)cc(OC)c1OC.COc1cc(Nc2ncn(-c3ccccc3)n2)cc(OC)c1OC.Cc1ccc(C(=O)Nc2ncn(Cc3ccccc3)n2)cc1. The average molecular weight is 1380 g/mol. The van der Waals surface area contributed by atoms with E-state index in [1.807, 2.05) is 110 Å². The molecule has 0 radical (unpaired) electrons. The van der Waals surface area contributed by atoms with Crippen molar-refractivity contribution >= 4 is 57.0 Å². The van der Waals surface area contributed by atoms with Gasteiger partial charge in [-0.25, -0.2) is 37.1 Å². The first-order valence-corrected chi connectivity index (χ1v) is 32.7. The van der Waals surface area contributed by atoms with Crippen LogP contribution in [0.4, 0.5) is 35.2 Å². The van der Waals surface area contributed by atoms with Crippen LogP contribution in [0.15, 0.2) is 218 Å². The van der Waals surface area contributed by atoms with E-state index in [-0.39, 0.29) is 16.8 Å². The van der Waals surface area contributed by atoms with Gasteiger partial charge in [0.05, 0.1) is 83.7 Å². The van der Waals surface area contributed by atoms with Crippen LogP contribution in [0, 0.1) is 18.3 Å².